The summed E-state index contributed by atoms with van der Waals surface area (Å²) in [7, 11) is 9.22. The van der Waals surface area contributed by atoms with Crippen LogP contribution in [0.15, 0.2) is 0 Å². The van der Waals surface area contributed by atoms with E-state index in [2.05, 4.69) is 29.5 Å². The molecule has 14 N–H and O–H groups in total. The molecule has 0 heterocycles. The summed E-state index contributed by atoms with van der Waals surface area (Å²) in [6, 6.07) is 0. The summed E-state index contributed by atoms with van der Waals surface area (Å²) in [5, 5.41) is 4.64. The molecule has 0 saturated carbocycles. The van der Waals surface area contributed by atoms with Crippen molar-refractivity contribution in [1.82, 2.24) is 0 Å². The third-order valence-corrected chi connectivity index (χ3v) is 2.24. The zero-order valence-corrected chi connectivity index (χ0v) is 19.0. The number of rotatable bonds is 11. The molecular formula is C10H34Cl2N8Pt2-4. The quantitative estimate of drug-likeness (QED) is 0.289. The first-order chi connectivity index (χ1) is 8.91. The van der Waals surface area contributed by atoms with E-state index in [1.807, 2.05) is 0 Å². The van der Waals surface area contributed by atoms with E-state index in [0.29, 0.717) is 13.1 Å². The third-order valence-electron chi connectivity index (χ3n) is 2.24. The smallest absolute Gasteiger partial charge is 0.0757 e. The van der Waals surface area contributed by atoms with Crippen LogP contribution in [-0.2, 0) is 37.5 Å². The fourth-order valence-corrected chi connectivity index (χ4v) is 1.36. The van der Waals surface area contributed by atoms with Crippen LogP contribution in [0.5, 0.6) is 0 Å². The van der Waals surface area contributed by atoms with E-state index >= 15 is 0 Å². The summed E-state index contributed by atoms with van der Waals surface area (Å²) >= 11 is 3.22. The molecule has 22 heavy (non-hydrogen) atoms. The summed E-state index contributed by atoms with van der Waals surface area (Å²) in [4.78, 5) is 0. The minimum atomic E-state index is 0. The predicted molar refractivity (Wildman–Crippen MR) is 93.0 cm³/mol. The van der Waals surface area contributed by atoms with Gasteiger partial charge in [-0.2, -0.15) is 0 Å². The summed E-state index contributed by atoms with van der Waals surface area (Å²) in [5.74, 6) is 0. The van der Waals surface area contributed by atoms with Crippen LogP contribution < -0.4 is 10.6 Å². The Morgan fingerprint density at radius 1 is 0.545 bits per heavy atom. The monoisotopic (exact) mass is 726 g/mol. The predicted octanol–water partition coefficient (Wildman–Crippen LogP) is 4.02. The van der Waals surface area contributed by atoms with Gasteiger partial charge in [-0.15, -0.1) is 13.1 Å². The maximum atomic E-state index is 6.97. The fourth-order valence-electron chi connectivity index (χ4n) is 1.36. The van der Waals surface area contributed by atoms with Crippen LogP contribution >= 0.6 is 18.8 Å². The van der Waals surface area contributed by atoms with Crippen molar-refractivity contribution in [3.05, 3.63) is 36.1 Å². The number of quaternary nitrogens is 2. The maximum absolute atomic E-state index is 6.97. The van der Waals surface area contributed by atoms with Gasteiger partial charge >= 0.3 is 56.4 Å². The Balaban J connectivity index is -0.0000000517. The van der Waals surface area contributed by atoms with Gasteiger partial charge in [0.05, 0.1) is 26.2 Å². The van der Waals surface area contributed by atoms with Crippen molar-refractivity contribution < 1.29 is 48.2 Å². The molecule has 0 aromatic rings. The van der Waals surface area contributed by atoms with Gasteiger partial charge < -0.3 is 46.7 Å². The van der Waals surface area contributed by atoms with Gasteiger partial charge in [0.15, 0.2) is 0 Å². The molecule has 0 unspecified atom stereocenters. The molecule has 0 atom stereocenters. The molecule has 0 aromatic carbocycles. The Labute approximate surface area is 167 Å². The molecule has 0 bridgehead atoms. The third kappa shape index (κ3) is 57.7. The molecule has 152 valence electrons. The fraction of sp³-hybridized carbons (Fsp3) is 1.00. The molecule has 0 aromatic heterocycles. The number of hydrogen-bond acceptors (Lipinski definition) is 0. The first kappa shape index (κ1) is 43.8. The molecule has 0 saturated heterocycles. The maximum Gasteiger partial charge on any atom is 0.0757 e. The molecule has 0 aliphatic carbocycles. The Kier molecular flexibility index (Phi) is 113. The van der Waals surface area contributed by atoms with Gasteiger partial charge in [-0.3, -0.25) is 0 Å². The summed E-state index contributed by atoms with van der Waals surface area (Å²) < 4.78 is 0. The van der Waals surface area contributed by atoms with Crippen LogP contribution in [-0.4, -0.2) is 39.3 Å². The minimum Gasteiger partial charge on any atom is -0.693 e. The van der Waals surface area contributed by atoms with Gasteiger partial charge in [0.25, 0.3) is 0 Å². The number of unbranched alkanes of at least 4 members (excludes halogenated alkanes) is 1. The Morgan fingerprint density at radius 2 is 0.773 bits per heavy atom. The van der Waals surface area contributed by atoms with Crippen LogP contribution in [0.3, 0.4) is 0 Å². The largest absolute Gasteiger partial charge is 0.693 e. The molecule has 0 aliphatic rings. The van der Waals surface area contributed by atoms with Crippen LogP contribution in [0.2, 0.25) is 0 Å². The summed E-state index contributed by atoms with van der Waals surface area (Å²) in [6.07, 6.45) is 4.62. The molecule has 0 rings (SSSR count). The van der Waals surface area contributed by atoms with Crippen molar-refractivity contribution in [2.24, 2.45) is 0 Å². The number of hydrogen-bond donors (Lipinski definition) is 2. The normalized spacial score (nSPS) is 7.45. The molecule has 0 spiro atoms. The van der Waals surface area contributed by atoms with E-state index in [0.717, 1.165) is 25.9 Å². The first-order valence-electron chi connectivity index (χ1n) is 6.08. The van der Waals surface area contributed by atoms with Gasteiger partial charge in [-0.05, 0) is 12.8 Å². The molecule has 0 aliphatic heterocycles. The molecule has 0 radical (unpaired) electrons. The van der Waals surface area contributed by atoms with E-state index in [9.17, 15) is 0 Å². The Bertz CT molecular complexity index is 111. The van der Waals surface area contributed by atoms with E-state index in [1.54, 1.807) is 37.5 Å². The average molecular weight is 727 g/mol. The number of halogens is 2. The zero-order valence-electron chi connectivity index (χ0n) is 12.9. The minimum absolute atomic E-state index is 0. The van der Waals surface area contributed by atoms with Crippen molar-refractivity contribution in [3.63, 3.8) is 0 Å². The first-order valence-corrected chi connectivity index (χ1v) is 11.7. The number of nitrogens with two attached hydrogens (primary N) is 6. The van der Waals surface area contributed by atoms with Gasteiger partial charge in [-0.1, -0.05) is 0 Å². The van der Waals surface area contributed by atoms with E-state index in [1.165, 1.54) is 25.9 Å². The second kappa shape index (κ2) is 57.0. The van der Waals surface area contributed by atoms with Crippen molar-refractivity contribution in [3.8, 4) is 0 Å². The molecular weight excluding hydrogens is 693 g/mol. The summed E-state index contributed by atoms with van der Waals surface area (Å²) in [5.41, 5.74) is 13.9. The standard InChI is InChI=1S/C10H24N4.2ClH.4H2N.2Pt/c11-5-3-9-13-7-1-2-8-14-10-4-6-12;;;;;;;;/h11-14H,1-10H2;2*1H;4*1H2;;/q-2;;;4*-1;2*+1. The topological polar surface area (TPSA) is 215 Å². The van der Waals surface area contributed by atoms with Gasteiger partial charge in [-0.25, -0.2) is 0 Å². The Hall–Kier alpha value is 1.64. The van der Waals surface area contributed by atoms with Crippen LogP contribution in [0.1, 0.15) is 25.7 Å². The van der Waals surface area contributed by atoms with Gasteiger partial charge in [0.2, 0.25) is 0 Å². The second-order valence-electron chi connectivity index (χ2n) is 3.65. The zero-order chi connectivity index (χ0) is 14.5. The van der Waals surface area contributed by atoms with Gasteiger partial charge in [0.1, 0.15) is 0 Å². The van der Waals surface area contributed by atoms with Crippen LogP contribution in [0, 0.1) is 0 Å². The van der Waals surface area contributed by atoms with Crippen molar-refractivity contribution >= 4 is 18.8 Å². The molecule has 8 nitrogen and oxygen atoms in total. The second-order valence-corrected chi connectivity index (χ2v) is 3.65. The van der Waals surface area contributed by atoms with E-state index in [-0.39, 0.29) is 24.6 Å². The van der Waals surface area contributed by atoms with Crippen molar-refractivity contribution in [2.75, 3.05) is 39.3 Å². The van der Waals surface area contributed by atoms with Crippen molar-refractivity contribution in [1.29, 1.82) is 0 Å². The van der Waals surface area contributed by atoms with E-state index < -0.39 is 0 Å². The SMILES string of the molecule is [Cl][Pt].[Cl][Pt].[NH-]CCC[NH2+]CCCC[NH2+]CCC[NH-].[NH2-].[NH2-].[NH2-].[NH2-]. The average Bonchev–Trinajstić information content (AvgIpc) is 2.45. The van der Waals surface area contributed by atoms with Crippen LogP contribution in [0.25, 0.3) is 36.1 Å². The number of nitrogens with one attached hydrogen (secondary N) is 2. The molecule has 0 amide bonds. The Morgan fingerprint density at radius 3 is 1.00 bits per heavy atom. The van der Waals surface area contributed by atoms with Crippen molar-refractivity contribution in [2.45, 2.75) is 25.7 Å². The van der Waals surface area contributed by atoms with Gasteiger partial charge in [0, 0.05) is 12.8 Å². The summed E-state index contributed by atoms with van der Waals surface area (Å²) in [6.45, 7) is 5.80. The molecule has 0 fully saturated rings. The van der Waals surface area contributed by atoms with E-state index in [4.69, 9.17) is 11.5 Å². The molecule has 12 heteroatoms. The van der Waals surface area contributed by atoms with Crippen LogP contribution in [0.4, 0.5) is 0 Å².